The highest BCUT2D eigenvalue weighted by Crippen LogP contribution is 2.25. The van der Waals surface area contributed by atoms with Crippen molar-refractivity contribution in [3.8, 4) is 0 Å². The van der Waals surface area contributed by atoms with E-state index in [1.54, 1.807) is 30.8 Å². The molecule has 0 amide bonds. The Hall–Kier alpha value is -1.61. The molecular weight excluding hydrogens is 259 g/mol. The van der Waals surface area contributed by atoms with Gasteiger partial charge in [0.25, 0.3) is 0 Å². The standard InChI is InChI=1S/C16H15FOS/c1-11-3-6-15(17)9-14(11)10-19-16-7-4-13(5-8-16)12(2)18/h3-9H,10H2,1-2H3. The van der Waals surface area contributed by atoms with Gasteiger partial charge < -0.3 is 0 Å². The van der Waals surface area contributed by atoms with Gasteiger partial charge in [-0.25, -0.2) is 4.39 Å². The van der Waals surface area contributed by atoms with Crippen molar-refractivity contribution < 1.29 is 9.18 Å². The second-order valence-electron chi connectivity index (χ2n) is 4.44. The smallest absolute Gasteiger partial charge is 0.159 e. The van der Waals surface area contributed by atoms with Gasteiger partial charge in [0.1, 0.15) is 5.82 Å². The zero-order chi connectivity index (χ0) is 13.8. The third-order valence-corrected chi connectivity index (χ3v) is 4.03. The molecule has 0 atom stereocenters. The maximum atomic E-state index is 13.2. The average Bonchev–Trinajstić information content (AvgIpc) is 2.40. The van der Waals surface area contributed by atoms with Gasteiger partial charge in [-0.15, -0.1) is 11.8 Å². The second kappa shape index (κ2) is 6.02. The molecule has 0 aliphatic carbocycles. The molecule has 2 aromatic carbocycles. The van der Waals surface area contributed by atoms with Gasteiger partial charge in [-0.05, 0) is 49.2 Å². The van der Waals surface area contributed by atoms with E-state index in [1.807, 2.05) is 31.2 Å². The van der Waals surface area contributed by atoms with Crippen molar-refractivity contribution in [2.24, 2.45) is 0 Å². The highest BCUT2D eigenvalue weighted by atomic mass is 32.2. The van der Waals surface area contributed by atoms with Crippen LogP contribution in [0.15, 0.2) is 47.4 Å². The quantitative estimate of drug-likeness (QED) is 0.597. The first-order valence-electron chi connectivity index (χ1n) is 6.05. The number of ketones is 1. The summed E-state index contributed by atoms with van der Waals surface area (Å²) in [5, 5.41) is 0. The lowest BCUT2D eigenvalue weighted by molar-refractivity contribution is 0.101. The average molecular weight is 274 g/mol. The van der Waals surface area contributed by atoms with Crippen molar-refractivity contribution in [2.45, 2.75) is 24.5 Å². The first-order valence-corrected chi connectivity index (χ1v) is 7.03. The maximum Gasteiger partial charge on any atom is 0.159 e. The molecule has 0 fully saturated rings. The van der Waals surface area contributed by atoms with Crippen LogP contribution >= 0.6 is 11.8 Å². The van der Waals surface area contributed by atoms with E-state index in [1.165, 1.54) is 6.07 Å². The van der Waals surface area contributed by atoms with Crippen LogP contribution in [0.3, 0.4) is 0 Å². The normalized spacial score (nSPS) is 10.5. The fourth-order valence-corrected chi connectivity index (χ4v) is 2.70. The lowest BCUT2D eigenvalue weighted by Crippen LogP contribution is -1.91. The van der Waals surface area contributed by atoms with Crippen LogP contribution in [0, 0.1) is 12.7 Å². The summed E-state index contributed by atoms with van der Waals surface area (Å²) in [5.74, 6) is 0.592. The van der Waals surface area contributed by atoms with Gasteiger partial charge in [0.05, 0.1) is 0 Å². The number of carbonyl (C=O) groups is 1. The van der Waals surface area contributed by atoms with Crippen LogP contribution in [0.2, 0.25) is 0 Å². The number of Topliss-reactive ketones (excluding diaryl/α,β-unsaturated/α-hetero) is 1. The zero-order valence-corrected chi connectivity index (χ0v) is 11.8. The van der Waals surface area contributed by atoms with Crippen LogP contribution in [-0.2, 0) is 5.75 Å². The van der Waals surface area contributed by atoms with Gasteiger partial charge in [0.2, 0.25) is 0 Å². The number of carbonyl (C=O) groups excluding carboxylic acids is 1. The molecule has 0 heterocycles. The van der Waals surface area contributed by atoms with E-state index in [0.29, 0.717) is 5.56 Å². The number of benzene rings is 2. The van der Waals surface area contributed by atoms with Gasteiger partial charge in [-0.2, -0.15) is 0 Å². The molecule has 3 heteroatoms. The second-order valence-corrected chi connectivity index (χ2v) is 5.49. The highest BCUT2D eigenvalue weighted by molar-refractivity contribution is 7.98. The minimum atomic E-state index is -0.201. The fraction of sp³-hybridized carbons (Fsp3) is 0.188. The Kier molecular flexibility index (Phi) is 4.38. The number of hydrogen-bond donors (Lipinski definition) is 0. The molecule has 19 heavy (non-hydrogen) atoms. The van der Waals surface area contributed by atoms with Gasteiger partial charge in [0.15, 0.2) is 5.78 Å². The van der Waals surface area contributed by atoms with E-state index < -0.39 is 0 Å². The van der Waals surface area contributed by atoms with Gasteiger partial charge in [0, 0.05) is 16.2 Å². The summed E-state index contributed by atoms with van der Waals surface area (Å²) in [6, 6.07) is 12.3. The van der Waals surface area contributed by atoms with Crippen LogP contribution in [0.25, 0.3) is 0 Å². The minimum absolute atomic E-state index is 0.0672. The van der Waals surface area contributed by atoms with Crippen LogP contribution < -0.4 is 0 Å². The molecule has 0 aromatic heterocycles. The summed E-state index contributed by atoms with van der Waals surface area (Å²) in [4.78, 5) is 12.2. The summed E-state index contributed by atoms with van der Waals surface area (Å²) in [7, 11) is 0. The summed E-state index contributed by atoms with van der Waals surface area (Å²) >= 11 is 1.64. The van der Waals surface area contributed by atoms with Crippen molar-refractivity contribution in [2.75, 3.05) is 0 Å². The van der Waals surface area contributed by atoms with E-state index in [2.05, 4.69) is 0 Å². The molecule has 2 rings (SSSR count). The van der Waals surface area contributed by atoms with Gasteiger partial charge in [-0.3, -0.25) is 4.79 Å². The van der Waals surface area contributed by atoms with Crippen molar-refractivity contribution in [1.82, 2.24) is 0 Å². The lowest BCUT2D eigenvalue weighted by atomic mass is 10.1. The van der Waals surface area contributed by atoms with Crippen molar-refractivity contribution in [1.29, 1.82) is 0 Å². The van der Waals surface area contributed by atoms with Gasteiger partial charge >= 0.3 is 0 Å². The third kappa shape index (κ3) is 3.67. The predicted octanol–water partition coefficient (Wildman–Crippen LogP) is 4.63. The number of aryl methyl sites for hydroxylation is 1. The Morgan fingerprint density at radius 1 is 1.16 bits per heavy atom. The lowest BCUT2D eigenvalue weighted by Gasteiger charge is -2.06. The summed E-state index contributed by atoms with van der Waals surface area (Å²) in [6.45, 7) is 3.53. The summed E-state index contributed by atoms with van der Waals surface area (Å²) < 4.78 is 13.2. The van der Waals surface area contributed by atoms with Crippen LogP contribution in [0.4, 0.5) is 4.39 Å². The Labute approximate surface area is 116 Å². The molecule has 0 unspecified atom stereocenters. The number of rotatable bonds is 4. The predicted molar refractivity (Wildman–Crippen MR) is 77.1 cm³/mol. The molecule has 0 bridgehead atoms. The number of hydrogen-bond acceptors (Lipinski definition) is 2. The highest BCUT2D eigenvalue weighted by Gasteiger charge is 2.03. The van der Waals surface area contributed by atoms with E-state index >= 15 is 0 Å². The fourth-order valence-electron chi connectivity index (χ4n) is 1.74. The Morgan fingerprint density at radius 2 is 1.84 bits per heavy atom. The zero-order valence-electron chi connectivity index (χ0n) is 10.9. The van der Waals surface area contributed by atoms with Crippen molar-refractivity contribution >= 4 is 17.5 Å². The number of halogens is 1. The molecule has 0 saturated carbocycles. The van der Waals surface area contributed by atoms with E-state index in [-0.39, 0.29) is 11.6 Å². The Bertz CT molecular complexity index is 590. The molecule has 98 valence electrons. The van der Waals surface area contributed by atoms with Crippen LogP contribution in [0.5, 0.6) is 0 Å². The molecule has 0 aliphatic rings. The monoisotopic (exact) mass is 274 g/mol. The van der Waals surface area contributed by atoms with Crippen molar-refractivity contribution in [3.63, 3.8) is 0 Å². The first-order chi connectivity index (χ1) is 9.06. The Balaban J connectivity index is 2.06. The Morgan fingerprint density at radius 3 is 2.47 bits per heavy atom. The maximum absolute atomic E-state index is 13.2. The van der Waals surface area contributed by atoms with Crippen LogP contribution in [0.1, 0.15) is 28.4 Å². The molecule has 0 radical (unpaired) electrons. The van der Waals surface area contributed by atoms with Crippen LogP contribution in [-0.4, -0.2) is 5.78 Å². The molecule has 0 N–H and O–H groups in total. The SMILES string of the molecule is CC(=O)c1ccc(SCc2cc(F)ccc2C)cc1. The molecule has 0 aliphatic heterocycles. The molecule has 2 aromatic rings. The van der Waals surface area contributed by atoms with E-state index in [9.17, 15) is 9.18 Å². The molecular formula is C16H15FOS. The summed E-state index contributed by atoms with van der Waals surface area (Å²) in [5.41, 5.74) is 2.81. The summed E-state index contributed by atoms with van der Waals surface area (Å²) in [6.07, 6.45) is 0. The molecule has 0 saturated heterocycles. The third-order valence-electron chi connectivity index (χ3n) is 2.97. The molecule has 1 nitrogen and oxygen atoms in total. The largest absolute Gasteiger partial charge is 0.295 e. The minimum Gasteiger partial charge on any atom is -0.295 e. The first kappa shape index (κ1) is 13.8. The van der Waals surface area contributed by atoms with E-state index in [4.69, 9.17) is 0 Å². The number of thioether (sulfide) groups is 1. The van der Waals surface area contributed by atoms with Crippen molar-refractivity contribution in [3.05, 3.63) is 65.0 Å². The van der Waals surface area contributed by atoms with Gasteiger partial charge in [-0.1, -0.05) is 18.2 Å². The van der Waals surface area contributed by atoms with E-state index in [0.717, 1.165) is 21.8 Å². The topological polar surface area (TPSA) is 17.1 Å². The molecule has 0 spiro atoms.